The lowest BCUT2D eigenvalue weighted by atomic mass is 10.2. The van der Waals surface area contributed by atoms with Gasteiger partial charge in [-0.2, -0.15) is 0 Å². The van der Waals surface area contributed by atoms with Gasteiger partial charge in [0.15, 0.2) is 0 Å². The number of carboxylic acids is 1. The molecule has 1 heterocycles. The molecule has 0 spiro atoms. The summed E-state index contributed by atoms with van der Waals surface area (Å²) in [5.74, 6) is -0.973. The van der Waals surface area contributed by atoms with Crippen LogP contribution in [0.3, 0.4) is 0 Å². The molecule has 2 rings (SSSR count). The standard InChI is InChI=1S/C16H20FNO3/c17-14-5-6-15(13(12-14)4-7-16(19)20)21-11-3-10-18-8-1-2-9-18/h4-7,12H,1-3,8-11H2,(H,19,20)/b7-4+. The summed E-state index contributed by atoms with van der Waals surface area (Å²) < 4.78 is 18.9. The molecule has 0 aromatic heterocycles. The van der Waals surface area contributed by atoms with Gasteiger partial charge in [-0.3, -0.25) is 0 Å². The number of hydrogen-bond acceptors (Lipinski definition) is 3. The van der Waals surface area contributed by atoms with Crippen LogP contribution in [0.1, 0.15) is 24.8 Å². The molecular formula is C16H20FNO3. The highest BCUT2D eigenvalue weighted by Gasteiger charge is 2.10. The molecule has 0 aliphatic carbocycles. The molecule has 0 bridgehead atoms. The van der Waals surface area contributed by atoms with Crippen molar-refractivity contribution in [1.29, 1.82) is 0 Å². The van der Waals surface area contributed by atoms with Gasteiger partial charge in [0, 0.05) is 18.2 Å². The fraction of sp³-hybridized carbons (Fsp3) is 0.438. The molecule has 0 atom stereocenters. The van der Waals surface area contributed by atoms with E-state index in [1.165, 1.54) is 37.1 Å². The van der Waals surface area contributed by atoms with Gasteiger partial charge in [0.05, 0.1) is 6.61 Å². The molecule has 0 amide bonds. The molecule has 21 heavy (non-hydrogen) atoms. The van der Waals surface area contributed by atoms with E-state index < -0.39 is 11.8 Å². The van der Waals surface area contributed by atoms with Gasteiger partial charge in [-0.25, -0.2) is 9.18 Å². The number of ether oxygens (including phenoxy) is 1. The lowest BCUT2D eigenvalue weighted by Gasteiger charge is -2.15. The summed E-state index contributed by atoms with van der Waals surface area (Å²) in [7, 11) is 0. The number of benzene rings is 1. The van der Waals surface area contributed by atoms with Crippen molar-refractivity contribution >= 4 is 12.0 Å². The fourth-order valence-corrected chi connectivity index (χ4v) is 2.42. The maximum atomic E-state index is 13.2. The van der Waals surface area contributed by atoms with Crippen LogP contribution >= 0.6 is 0 Å². The normalized spacial score (nSPS) is 15.7. The van der Waals surface area contributed by atoms with E-state index in [0.29, 0.717) is 17.9 Å². The molecule has 1 N–H and O–H groups in total. The summed E-state index contributed by atoms with van der Waals surface area (Å²) in [5.41, 5.74) is 0.443. The van der Waals surface area contributed by atoms with E-state index in [0.717, 1.165) is 32.1 Å². The number of aliphatic carboxylic acids is 1. The van der Waals surface area contributed by atoms with Crippen LogP contribution in [0.2, 0.25) is 0 Å². The van der Waals surface area contributed by atoms with E-state index in [1.54, 1.807) is 0 Å². The highest BCUT2D eigenvalue weighted by atomic mass is 19.1. The second-order valence-corrected chi connectivity index (χ2v) is 5.10. The van der Waals surface area contributed by atoms with Gasteiger partial charge in [-0.05, 0) is 56.6 Å². The maximum absolute atomic E-state index is 13.2. The van der Waals surface area contributed by atoms with Crippen molar-refractivity contribution in [3.05, 3.63) is 35.7 Å². The zero-order chi connectivity index (χ0) is 15.1. The van der Waals surface area contributed by atoms with Crippen molar-refractivity contribution in [2.45, 2.75) is 19.3 Å². The van der Waals surface area contributed by atoms with Crippen LogP contribution in [0.5, 0.6) is 5.75 Å². The molecule has 1 aliphatic heterocycles. The van der Waals surface area contributed by atoms with Crippen LogP contribution in [0.4, 0.5) is 4.39 Å². The van der Waals surface area contributed by atoms with E-state index >= 15 is 0 Å². The van der Waals surface area contributed by atoms with Gasteiger partial charge >= 0.3 is 5.97 Å². The molecule has 0 saturated carbocycles. The molecule has 0 radical (unpaired) electrons. The van der Waals surface area contributed by atoms with Gasteiger partial charge in [0.25, 0.3) is 0 Å². The van der Waals surface area contributed by atoms with Gasteiger partial charge in [-0.1, -0.05) is 0 Å². The summed E-state index contributed by atoms with van der Waals surface area (Å²) in [4.78, 5) is 13.0. The molecule has 1 aromatic carbocycles. The van der Waals surface area contributed by atoms with Crippen LogP contribution < -0.4 is 4.74 Å². The number of likely N-dealkylation sites (tertiary alicyclic amines) is 1. The largest absolute Gasteiger partial charge is 0.493 e. The molecule has 1 aliphatic rings. The molecule has 4 nitrogen and oxygen atoms in total. The van der Waals surface area contributed by atoms with Crippen molar-refractivity contribution < 1.29 is 19.0 Å². The van der Waals surface area contributed by atoms with Crippen molar-refractivity contribution in [2.75, 3.05) is 26.2 Å². The van der Waals surface area contributed by atoms with Crippen LogP contribution in [0, 0.1) is 5.82 Å². The highest BCUT2D eigenvalue weighted by Crippen LogP contribution is 2.21. The first-order valence-electron chi connectivity index (χ1n) is 7.21. The Kier molecular flexibility index (Phi) is 5.75. The van der Waals surface area contributed by atoms with E-state index in [9.17, 15) is 9.18 Å². The van der Waals surface area contributed by atoms with Crippen LogP contribution in [-0.2, 0) is 4.79 Å². The molecule has 1 fully saturated rings. The Morgan fingerprint density at radius 2 is 2.14 bits per heavy atom. The number of halogens is 1. The monoisotopic (exact) mass is 293 g/mol. The van der Waals surface area contributed by atoms with Crippen molar-refractivity contribution in [3.8, 4) is 5.75 Å². The average Bonchev–Trinajstić information content (AvgIpc) is 2.96. The lowest BCUT2D eigenvalue weighted by molar-refractivity contribution is -0.131. The molecule has 114 valence electrons. The van der Waals surface area contributed by atoms with Crippen molar-refractivity contribution in [3.63, 3.8) is 0 Å². The van der Waals surface area contributed by atoms with Crippen LogP contribution in [0.15, 0.2) is 24.3 Å². The maximum Gasteiger partial charge on any atom is 0.328 e. The summed E-state index contributed by atoms with van der Waals surface area (Å²) >= 11 is 0. The third-order valence-electron chi connectivity index (χ3n) is 3.45. The first kappa shape index (κ1) is 15.5. The predicted molar refractivity (Wildman–Crippen MR) is 78.9 cm³/mol. The Bertz CT molecular complexity index is 510. The summed E-state index contributed by atoms with van der Waals surface area (Å²) in [6.07, 6.45) is 5.76. The first-order valence-corrected chi connectivity index (χ1v) is 7.21. The third-order valence-corrected chi connectivity index (χ3v) is 3.45. The number of rotatable bonds is 7. The van der Waals surface area contributed by atoms with Crippen LogP contribution in [0.25, 0.3) is 6.08 Å². The molecule has 5 heteroatoms. The molecular weight excluding hydrogens is 273 g/mol. The highest BCUT2D eigenvalue weighted by molar-refractivity contribution is 5.85. The fourth-order valence-electron chi connectivity index (χ4n) is 2.42. The minimum absolute atomic E-state index is 0.413. The lowest BCUT2D eigenvalue weighted by Crippen LogP contribution is -2.21. The molecule has 1 aromatic rings. The van der Waals surface area contributed by atoms with Gasteiger partial charge < -0.3 is 14.7 Å². The molecule has 1 saturated heterocycles. The van der Waals surface area contributed by atoms with Crippen LogP contribution in [-0.4, -0.2) is 42.2 Å². The zero-order valence-electron chi connectivity index (χ0n) is 11.9. The summed E-state index contributed by atoms with van der Waals surface area (Å²) in [6, 6.07) is 4.12. The SMILES string of the molecule is O=C(O)/C=C/c1cc(F)ccc1OCCCN1CCCC1. The predicted octanol–water partition coefficient (Wildman–Crippen LogP) is 2.79. The summed E-state index contributed by atoms with van der Waals surface area (Å²) in [6.45, 7) is 3.85. The number of carbonyl (C=O) groups is 1. The third kappa shape index (κ3) is 5.19. The second kappa shape index (κ2) is 7.78. The average molecular weight is 293 g/mol. The number of hydrogen-bond donors (Lipinski definition) is 1. The van der Waals surface area contributed by atoms with Gasteiger partial charge in [-0.15, -0.1) is 0 Å². The Labute approximate surface area is 123 Å². The Balaban J connectivity index is 1.87. The van der Waals surface area contributed by atoms with Gasteiger partial charge in [0.2, 0.25) is 0 Å². The van der Waals surface area contributed by atoms with E-state index in [-0.39, 0.29) is 0 Å². The minimum Gasteiger partial charge on any atom is -0.493 e. The van der Waals surface area contributed by atoms with Crippen molar-refractivity contribution in [2.24, 2.45) is 0 Å². The zero-order valence-corrected chi connectivity index (χ0v) is 11.9. The topological polar surface area (TPSA) is 49.8 Å². The van der Waals surface area contributed by atoms with E-state index in [1.807, 2.05) is 0 Å². The van der Waals surface area contributed by atoms with Crippen molar-refractivity contribution in [1.82, 2.24) is 4.90 Å². The first-order chi connectivity index (χ1) is 10.1. The molecule has 0 unspecified atom stereocenters. The minimum atomic E-state index is -1.07. The smallest absolute Gasteiger partial charge is 0.328 e. The number of carboxylic acid groups (broad SMARTS) is 1. The Hall–Kier alpha value is -1.88. The Morgan fingerprint density at radius 3 is 2.86 bits per heavy atom. The number of nitrogens with zero attached hydrogens (tertiary/aromatic N) is 1. The van der Waals surface area contributed by atoms with Gasteiger partial charge in [0.1, 0.15) is 11.6 Å². The quantitative estimate of drug-likeness (QED) is 0.620. The van der Waals surface area contributed by atoms with E-state index in [4.69, 9.17) is 9.84 Å². The second-order valence-electron chi connectivity index (χ2n) is 5.10. The summed E-state index contributed by atoms with van der Waals surface area (Å²) in [5, 5.41) is 8.64. The Morgan fingerprint density at radius 1 is 1.38 bits per heavy atom. The van der Waals surface area contributed by atoms with E-state index in [2.05, 4.69) is 4.90 Å².